The predicted octanol–water partition coefficient (Wildman–Crippen LogP) is 0.547. The van der Waals surface area contributed by atoms with Crippen molar-refractivity contribution in [1.29, 1.82) is 0 Å². The Morgan fingerprint density at radius 3 is 2.91 bits per heavy atom. The second-order valence-electron chi connectivity index (χ2n) is 6.53. The number of aromatic nitrogens is 2. The Morgan fingerprint density at radius 1 is 1.26 bits per heavy atom. The SMILES string of the molecule is NC(=O)C1CCCN(CCNc2nc(N)nc3c2CCCC3)C1. The number of nitrogens with one attached hydrogen (secondary N) is 1. The maximum absolute atomic E-state index is 11.3. The van der Waals surface area contributed by atoms with Gasteiger partial charge in [0.15, 0.2) is 0 Å². The molecule has 0 radical (unpaired) electrons. The van der Waals surface area contributed by atoms with Crippen LogP contribution in [0.4, 0.5) is 11.8 Å². The summed E-state index contributed by atoms with van der Waals surface area (Å²) in [5.74, 6) is 1.04. The Bertz CT molecular complexity index is 576. The van der Waals surface area contributed by atoms with E-state index in [1.54, 1.807) is 0 Å². The molecule has 1 amide bonds. The summed E-state index contributed by atoms with van der Waals surface area (Å²) >= 11 is 0. The molecule has 23 heavy (non-hydrogen) atoms. The fourth-order valence-electron chi connectivity index (χ4n) is 3.58. The molecule has 0 saturated carbocycles. The molecule has 0 spiro atoms. The summed E-state index contributed by atoms with van der Waals surface area (Å²) in [7, 11) is 0. The van der Waals surface area contributed by atoms with E-state index < -0.39 is 0 Å². The topological polar surface area (TPSA) is 110 Å². The van der Waals surface area contributed by atoms with E-state index in [-0.39, 0.29) is 11.8 Å². The van der Waals surface area contributed by atoms with Gasteiger partial charge in [0.1, 0.15) is 5.82 Å². The van der Waals surface area contributed by atoms with E-state index in [0.29, 0.717) is 5.95 Å². The fourth-order valence-corrected chi connectivity index (χ4v) is 3.58. The van der Waals surface area contributed by atoms with E-state index >= 15 is 0 Å². The zero-order chi connectivity index (χ0) is 16.2. The Balaban J connectivity index is 1.56. The maximum atomic E-state index is 11.3. The molecule has 1 fully saturated rings. The van der Waals surface area contributed by atoms with Crippen molar-refractivity contribution in [3.05, 3.63) is 11.3 Å². The van der Waals surface area contributed by atoms with Gasteiger partial charge in [0, 0.05) is 25.2 Å². The summed E-state index contributed by atoms with van der Waals surface area (Å²) in [6, 6.07) is 0. The summed E-state index contributed by atoms with van der Waals surface area (Å²) in [5.41, 5.74) is 13.6. The second kappa shape index (κ2) is 7.12. The van der Waals surface area contributed by atoms with Crippen LogP contribution in [0.15, 0.2) is 0 Å². The molecule has 2 aliphatic rings. The van der Waals surface area contributed by atoms with Crippen molar-refractivity contribution >= 4 is 17.7 Å². The molecule has 1 aromatic rings. The number of hydrogen-bond donors (Lipinski definition) is 3. The number of piperidine rings is 1. The molecule has 0 aromatic carbocycles. The smallest absolute Gasteiger partial charge is 0.222 e. The minimum atomic E-state index is -0.180. The van der Waals surface area contributed by atoms with E-state index in [2.05, 4.69) is 20.2 Å². The average Bonchev–Trinajstić information content (AvgIpc) is 2.55. The van der Waals surface area contributed by atoms with Crippen LogP contribution in [0.3, 0.4) is 0 Å². The van der Waals surface area contributed by atoms with Gasteiger partial charge in [-0.05, 0) is 45.1 Å². The van der Waals surface area contributed by atoms with E-state index in [1.807, 2.05) is 0 Å². The lowest BCUT2D eigenvalue weighted by molar-refractivity contribution is -0.123. The molecule has 7 heteroatoms. The summed E-state index contributed by atoms with van der Waals surface area (Å²) < 4.78 is 0. The molecule has 2 heterocycles. The first-order chi connectivity index (χ1) is 11.1. The molecule has 126 valence electrons. The number of carbonyl (C=O) groups is 1. The molecule has 1 aliphatic heterocycles. The first kappa shape index (κ1) is 16.0. The summed E-state index contributed by atoms with van der Waals surface area (Å²) in [5, 5.41) is 3.42. The lowest BCUT2D eigenvalue weighted by Gasteiger charge is -2.31. The van der Waals surface area contributed by atoms with Gasteiger partial charge in [-0.3, -0.25) is 4.79 Å². The lowest BCUT2D eigenvalue weighted by Crippen LogP contribution is -2.42. The number of anilines is 2. The minimum Gasteiger partial charge on any atom is -0.369 e. The van der Waals surface area contributed by atoms with Gasteiger partial charge < -0.3 is 21.7 Å². The minimum absolute atomic E-state index is 0.00814. The van der Waals surface area contributed by atoms with E-state index in [4.69, 9.17) is 11.5 Å². The van der Waals surface area contributed by atoms with Crippen molar-refractivity contribution in [1.82, 2.24) is 14.9 Å². The van der Waals surface area contributed by atoms with Gasteiger partial charge >= 0.3 is 0 Å². The largest absolute Gasteiger partial charge is 0.369 e. The second-order valence-corrected chi connectivity index (χ2v) is 6.53. The van der Waals surface area contributed by atoms with Crippen LogP contribution in [0.2, 0.25) is 0 Å². The highest BCUT2D eigenvalue weighted by Gasteiger charge is 2.23. The molecule has 1 unspecified atom stereocenters. The molecule has 3 rings (SSSR count). The van der Waals surface area contributed by atoms with Crippen LogP contribution >= 0.6 is 0 Å². The Hall–Kier alpha value is -1.89. The summed E-state index contributed by atoms with van der Waals surface area (Å²) in [6.07, 6.45) is 6.31. The zero-order valence-corrected chi connectivity index (χ0v) is 13.6. The number of carbonyl (C=O) groups excluding carboxylic acids is 1. The third-order valence-corrected chi connectivity index (χ3v) is 4.83. The van der Waals surface area contributed by atoms with E-state index in [1.165, 1.54) is 18.4 Å². The van der Waals surface area contributed by atoms with Gasteiger partial charge in [-0.15, -0.1) is 0 Å². The van der Waals surface area contributed by atoms with Crippen LogP contribution in [0.1, 0.15) is 36.9 Å². The standard InChI is InChI=1S/C16H26N6O/c17-14(23)11-4-3-8-22(10-11)9-7-19-15-12-5-1-2-6-13(12)20-16(18)21-15/h11H,1-10H2,(H2,17,23)(H3,18,19,20,21). The van der Waals surface area contributed by atoms with E-state index in [0.717, 1.165) is 63.4 Å². The highest BCUT2D eigenvalue weighted by Crippen LogP contribution is 2.26. The van der Waals surface area contributed by atoms with Crippen LogP contribution in [0.5, 0.6) is 0 Å². The zero-order valence-electron chi connectivity index (χ0n) is 13.6. The van der Waals surface area contributed by atoms with Gasteiger partial charge in [0.2, 0.25) is 11.9 Å². The monoisotopic (exact) mass is 318 g/mol. The highest BCUT2D eigenvalue weighted by molar-refractivity contribution is 5.76. The molecule has 1 saturated heterocycles. The molecular weight excluding hydrogens is 292 g/mol. The van der Waals surface area contributed by atoms with Crippen LogP contribution in [0.25, 0.3) is 0 Å². The number of amides is 1. The van der Waals surface area contributed by atoms with Crippen LogP contribution in [-0.2, 0) is 17.6 Å². The van der Waals surface area contributed by atoms with Gasteiger partial charge in [-0.25, -0.2) is 4.98 Å². The number of rotatable bonds is 5. The van der Waals surface area contributed by atoms with Crippen LogP contribution < -0.4 is 16.8 Å². The number of nitrogens with two attached hydrogens (primary N) is 2. The molecule has 7 nitrogen and oxygen atoms in total. The number of nitrogen functional groups attached to an aromatic ring is 1. The summed E-state index contributed by atoms with van der Waals surface area (Å²) in [6.45, 7) is 3.45. The van der Waals surface area contributed by atoms with Gasteiger partial charge in [-0.1, -0.05) is 0 Å². The predicted molar refractivity (Wildman–Crippen MR) is 89.9 cm³/mol. The van der Waals surface area contributed by atoms with Gasteiger partial charge in [0.05, 0.1) is 11.6 Å². The molecule has 1 aliphatic carbocycles. The van der Waals surface area contributed by atoms with Crippen molar-refractivity contribution in [3.63, 3.8) is 0 Å². The van der Waals surface area contributed by atoms with Gasteiger partial charge in [-0.2, -0.15) is 4.98 Å². The maximum Gasteiger partial charge on any atom is 0.222 e. The number of likely N-dealkylation sites (tertiary alicyclic amines) is 1. The first-order valence-corrected chi connectivity index (χ1v) is 8.54. The first-order valence-electron chi connectivity index (χ1n) is 8.54. The van der Waals surface area contributed by atoms with Gasteiger partial charge in [0.25, 0.3) is 0 Å². The molecule has 5 N–H and O–H groups in total. The van der Waals surface area contributed by atoms with Crippen molar-refractivity contribution < 1.29 is 4.79 Å². The molecule has 1 aromatic heterocycles. The van der Waals surface area contributed by atoms with Crippen molar-refractivity contribution in [2.45, 2.75) is 38.5 Å². The molecule has 0 bridgehead atoms. The average molecular weight is 318 g/mol. The Labute approximate surface area is 136 Å². The Morgan fingerprint density at radius 2 is 2.09 bits per heavy atom. The highest BCUT2D eigenvalue weighted by atomic mass is 16.1. The van der Waals surface area contributed by atoms with E-state index in [9.17, 15) is 4.79 Å². The number of aryl methyl sites for hydroxylation is 1. The fraction of sp³-hybridized carbons (Fsp3) is 0.688. The number of fused-ring (bicyclic) bond motifs is 1. The molecule has 1 atom stereocenters. The molecular formula is C16H26N6O. The number of primary amides is 1. The normalized spacial score (nSPS) is 21.7. The number of hydrogen-bond acceptors (Lipinski definition) is 6. The third kappa shape index (κ3) is 3.90. The lowest BCUT2D eigenvalue weighted by atomic mass is 9.96. The van der Waals surface area contributed by atoms with Crippen molar-refractivity contribution in [2.24, 2.45) is 11.7 Å². The van der Waals surface area contributed by atoms with Crippen LogP contribution in [0, 0.1) is 5.92 Å². The van der Waals surface area contributed by atoms with Crippen molar-refractivity contribution in [2.75, 3.05) is 37.2 Å². The quantitative estimate of drug-likeness (QED) is 0.731. The van der Waals surface area contributed by atoms with Crippen molar-refractivity contribution in [3.8, 4) is 0 Å². The van der Waals surface area contributed by atoms with Crippen LogP contribution in [-0.4, -0.2) is 47.0 Å². The third-order valence-electron chi connectivity index (χ3n) is 4.83. The Kier molecular flexibility index (Phi) is 4.95. The number of nitrogens with zero attached hydrogens (tertiary/aromatic N) is 3. The summed E-state index contributed by atoms with van der Waals surface area (Å²) in [4.78, 5) is 22.4.